The van der Waals surface area contributed by atoms with E-state index in [0.717, 1.165) is 27.6 Å². The number of fused-ring (bicyclic) bond motifs is 1. The number of pyridine rings is 1. The maximum atomic E-state index is 12.4. The number of aryl methyl sites for hydroxylation is 4. The summed E-state index contributed by atoms with van der Waals surface area (Å²) in [7, 11) is 0. The van der Waals surface area contributed by atoms with Gasteiger partial charge in [0.1, 0.15) is 0 Å². The molecule has 0 saturated heterocycles. The van der Waals surface area contributed by atoms with Crippen LogP contribution in [0.1, 0.15) is 32.7 Å². The fraction of sp³-hybridized carbons (Fsp3) is 0.217. The third kappa shape index (κ3) is 5.00. The largest absolute Gasteiger partial charge is 0.452 e. The number of hydrogen-bond acceptors (Lipinski definition) is 5. The topological polar surface area (TPSA) is 97.4 Å². The van der Waals surface area contributed by atoms with Gasteiger partial charge in [0.05, 0.1) is 16.8 Å². The third-order valence-corrected chi connectivity index (χ3v) is 4.60. The van der Waals surface area contributed by atoms with Crippen LogP contribution in [0.4, 0.5) is 10.5 Å². The molecule has 154 valence electrons. The van der Waals surface area contributed by atoms with Crippen molar-refractivity contribution in [1.29, 1.82) is 0 Å². The monoisotopic (exact) mass is 405 g/mol. The highest BCUT2D eigenvalue weighted by atomic mass is 16.5. The highest BCUT2D eigenvalue weighted by molar-refractivity contribution is 6.03. The van der Waals surface area contributed by atoms with Gasteiger partial charge in [0.15, 0.2) is 6.61 Å². The summed E-state index contributed by atoms with van der Waals surface area (Å²) in [6, 6.07) is 12.3. The van der Waals surface area contributed by atoms with E-state index in [1.165, 1.54) is 0 Å². The number of imide groups is 1. The second-order valence-electron chi connectivity index (χ2n) is 7.21. The number of ether oxygens (including phenoxy) is 1. The van der Waals surface area contributed by atoms with Gasteiger partial charge < -0.3 is 10.1 Å². The first-order valence-corrected chi connectivity index (χ1v) is 9.46. The molecule has 3 rings (SSSR count). The third-order valence-electron chi connectivity index (χ3n) is 4.60. The van der Waals surface area contributed by atoms with Crippen LogP contribution >= 0.6 is 0 Å². The first-order valence-electron chi connectivity index (χ1n) is 9.46. The molecule has 7 nitrogen and oxygen atoms in total. The van der Waals surface area contributed by atoms with Crippen LogP contribution in [0.15, 0.2) is 42.5 Å². The number of carbonyl (C=O) groups excluding carboxylic acids is 3. The van der Waals surface area contributed by atoms with E-state index < -0.39 is 24.5 Å². The Hall–Kier alpha value is -3.74. The van der Waals surface area contributed by atoms with Crippen molar-refractivity contribution < 1.29 is 19.1 Å². The summed E-state index contributed by atoms with van der Waals surface area (Å²) < 4.78 is 5.07. The molecular formula is C23H23N3O4. The van der Waals surface area contributed by atoms with Crippen LogP contribution in [-0.2, 0) is 9.53 Å². The molecule has 1 heterocycles. The minimum atomic E-state index is -0.729. The Balaban J connectivity index is 1.59. The molecular weight excluding hydrogens is 382 g/mol. The second-order valence-corrected chi connectivity index (χ2v) is 7.21. The number of hydrogen-bond donors (Lipinski definition) is 2. The Labute approximate surface area is 174 Å². The van der Waals surface area contributed by atoms with Gasteiger partial charge in [-0.15, -0.1) is 0 Å². The van der Waals surface area contributed by atoms with Gasteiger partial charge in [-0.2, -0.15) is 0 Å². The number of carbonyl (C=O) groups is 3. The summed E-state index contributed by atoms with van der Waals surface area (Å²) in [4.78, 5) is 40.8. The van der Waals surface area contributed by atoms with E-state index >= 15 is 0 Å². The number of esters is 1. The standard InChI is InChI=1S/C23H23N3O4/c1-13-5-7-19(15(3)9-13)25-23(29)26-21(27)12-30-22(28)18-11-17-10-14(2)6-8-20(17)24-16(18)4/h5-11H,12H2,1-4H3,(H2,25,26,27,29). The van der Waals surface area contributed by atoms with Crippen LogP contribution in [0.3, 0.4) is 0 Å². The van der Waals surface area contributed by atoms with Crippen molar-refractivity contribution in [3.8, 4) is 0 Å². The maximum Gasteiger partial charge on any atom is 0.340 e. The molecule has 3 aromatic rings. The van der Waals surface area contributed by atoms with Crippen molar-refractivity contribution in [2.45, 2.75) is 27.7 Å². The number of amides is 3. The van der Waals surface area contributed by atoms with Crippen LogP contribution in [-0.4, -0.2) is 29.5 Å². The summed E-state index contributed by atoms with van der Waals surface area (Å²) in [6.07, 6.45) is 0. The van der Waals surface area contributed by atoms with E-state index in [-0.39, 0.29) is 5.56 Å². The minimum absolute atomic E-state index is 0.278. The summed E-state index contributed by atoms with van der Waals surface area (Å²) in [5, 5.41) is 5.56. The number of urea groups is 1. The molecule has 0 aliphatic heterocycles. The molecule has 0 aliphatic carbocycles. The van der Waals surface area contributed by atoms with Gasteiger partial charge in [-0.3, -0.25) is 15.1 Å². The molecule has 0 fully saturated rings. The maximum absolute atomic E-state index is 12.4. The lowest BCUT2D eigenvalue weighted by Crippen LogP contribution is -2.37. The summed E-state index contributed by atoms with van der Waals surface area (Å²) in [5.41, 5.74) is 5.13. The average molecular weight is 405 g/mol. The normalized spacial score (nSPS) is 10.5. The molecule has 2 N–H and O–H groups in total. The van der Waals surface area contributed by atoms with E-state index in [2.05, 4.69) is 15.6 Å². The van der Waals surface area contributed by atoms with Crippen molar-refractivity contribution in [3.05, 3.63) is 70.4 Å². The number of aromatic nitrogens is 1. The lowest BCUT2D eigenvalue weighted by atomic mass is 10.1. The van der Waals surface area contributed by atoms with Gasteiger partial charge in [0.2, 0.25) is 0 Å². The zero-order chi connectivity index (χ0) is 21.8. The molecule has 3 amide bonds. The Morgan fingerprint density at radius 3 is 2.37 bits per heavy atom. The zero-order valence-electron chi connectivity index (χ0n) is 17.3. The molecule has 0 aliphatic rings. The van der Waals surface area contributed by atoms with Crippen molar-refractivity contribution in [2.75, 3.05) is 11.9 Å². The SMILES string of the molecule is Cc1ccc(NC(=O)NC(=O)COC(=O)c2cc3cc(C)ccc3nc2C)c(C)c1. The van der Waals surface area contributed by atoms with Gasteiger partial charge in [-0.25, -0.2) is 9.59 Å². The Bertz CT molecular complexity index is 1150. The van der Waals surface area contributed by atoms with Crippen LogP contribution < -0.4 is 10.6 Å². The molecule has 0 spiro atoms. The van der Waals surface area contributed by atoms with Gasteiger partial charge in [0, 0.05) is 11.1 Å². The molecule has 7 heteroatoms. The van der Waals surface area contributed by atoms with E-state index in [4.69, 9.17) is 4.74 Å². The van der Waals surface area contributed by atoms with Gasteiger partial charge >= 0.3 is 12.0 Å². The molecule has 0 bridgehead atoms. The number of anilines is 1. The molecule has 0 radical (unpaired) electrons. The van der Waals surface area contributed by atoms with Crippen molar-refractivity contribution in [1.82, 2.24) is 10.3 Å². The van der Waals surface area contributed by atoms with Gasteiger partial charge in [0.25, 0.3) is 5.91 Å². The van der Waals surface area contributed by atoms with Gasteiger partial charge in [-0.1, -0.05) is 29.3 Å². The van der Waals surface area contributed by atoms with Crippen LogP contribution in [0.5, 0.6) is 0 Å². The summed E-state index contributed by atoms with van der Waals surface area (Å²) in [5.74, 6) is -1.40. The van der Waals surface area contributed by atoms with Crippen LogP contribution in [0.2, 0.25) is 0 Å². The average Bonchev–Trinajstić information content (AvgIpc) is 2.68. The Morgan fingerprint density at radius 2 is 1.63 bits per heavy atom. The highest BCUT2D eigenvalue weighted by Gasteiger charge is 2.16. The predicted molar refractivity (Wildman–Crippen MR) is 115 cm³/mol. The lowest BCUT2D eigenvalue weighted by Gasteiger charge is -2.11. The van der Waals surface area contributed by atoms with Crippen molar-refractivity contribution in [3.63, 3.8) is 0 Å². The summed E-state index contributed by atoms with van der Waals surface area (Å²) >= 11 is 0. The number of rotatable bonds is 4. The van der Waals surface area contributed by atoms with Crippen molar-refractivity contribution >= 4 is 34.5 Å². The van der Waals surface area contributed by atoms with E-state index in [9.17, 15) is 14.4 Å². The van der Waals surface area contributed by atoms with E-state index in [1.54, 1.807) is 19.1 Å². The van der Waals surface area contributed by atoms with Crippen LogP contribution in [0.25, 0.3) is 10.9 Å². The van der Waals surface area contributed by atoms with Crippen LogP contribution in [0, 0.1) is 27.7 Å². The fourth-order valence-electron chi connectivity index (χ4n) is 3.08. The first-order chi connectivity index (χ1) is 14.2. The first kappa shape index (κ1) is 21.0. The van der Waals surface area contributed by atoms with E-state index in [1.807, 2.05) is 51.1 Å². The molecule has 0 unspecified atom stereocenters. The van der Waals surface area contributed by atoms with Crippen molar-refractivity contribution in [2.24, 2.45) is 0 Å². The summed E-state index contributed by atoms with van der Waals surface area (Å²) in [6.45, 7) is 6.87. The lowest BCUT2D eigenvalue weighted by molar-refractivity contribution is -0.123. The second kappa shape index (κ2) is 8.73. The predicted octanol–water partition coefficient (Wildman–Crippen LogP) is 3.97. The Morgan fingerprint density at radius 1 is 0.933 bits per heavy atom. The zero-order valence-corrected chi connectivity index (χ0v) is 17.3. The molecule has 0 atom stereocenters. The number of benzene rings is 2. The number of nitrogens with zero attached hydrogens (tertiary/aromatic N) is 1. The molecule has 0 saturated carbocycles. The Kier molecular flexibility index (Phi) is 6.11. The molecule has 1 aromatic heterocycles. The van der Waals surface area contributed by atoms with Gasteiger partial charge in [-0.05, 0) is 57.5 Å². The molecule has 30 heavy (non-hydrogen) atoms. The molecule has 2 aromatic carbocycles. The minimum Gasteiger partial charge on any atom is -0.452 e. The quantitative estimate of drug-likeness (QED) is 0.640. The highest BCUT2D eigenvalue weighted by Crippen LogP contribution is 2.19. The fourth-order valence-corrected chi connectivity index (χ4v) is 3.08. The van der Waals surface area contributed by atoms with E-state index in [0.29, 0.717) is 11.4 Å². The number of nitrogens with one attached hydrogen (secondary N) is 2. The smallest absolute Gasteiger partial charge is 0.340 e.